The molecule has 0 spiro atoms. The van der Waals surface area contributed by atoms with Crippen molar-refractivity contribution in [3.05, 3.63) is 65.7 Å². The van der Waals surface area contributed by atoms with E-state index in [1.165, 1.54) is 24.3 Å². The van der Waals surface area contributed by atoms with E-state index in [9.17, 15) is 18.0 Å². The molecule has 2 rings (SSSR count). The van der Waals surface area contributed by atoms with Gasteiger partial charge < -0.3 is 10.1 Å². The number of hydrogen-bond donors (Lipinski definition) is 2. The molecule has 0 bridgehead atoms. The predicted molar refractivity (Wildman–Crippen MR) is 110 cm³/mol. The Bertz CT molecular complexity index is 927. The fourth-order valence-electron chi connectivity index (χ4n) is 2.57. The summed E-state index contributed by atoms with van der Waals surface area (Å²) < 4.78 is 32.3. The minimum atomic E-state index is -3.66. The van der Waals surface area contributed by atoms with Gasteiger partial charge in [-0.1, -0.05) is 37.3 Å². The minimum absolute atomic E-state index is 0.0688. The Morgan fingerprint density at radius 3 is 2.17 bits per heavy atom. The Hall–Kier alpha value is -2.71. The largest absolute Gasteiger partial charge is 0.464 e. The fraction of sp³-hybridized carbons (Fsp3) is 0.333. The van der Waals surface area contributed by atoms with Crippen LogP contribution in [0.4, 0.5) is 0 Å². The number of ether oxygens (including phenoxy) is 1. The summed E-state index contributed by atoms with van der Waals surface area (Å²) in [6.45, 7) is 5.54. The zero-order valence-electron chi connectivity index (χ0n) is 16.7. The van der Waals surface area contributed by atoms with Crippen LogP contribution in [-0.2, 0) is 19.6 Å². The van der Waals surface area contributed by atoms with Crippen LogP contribution in [0.15, 0.2) is 59.5 Å². The molecule has 2 aromatic carbocycles. The Morgan fingerprint density at radius 1 is 1.00 bits per heavy atom. The maximum atomic E-state index is 12.6. The van der Waals surface area contributed by atoms with Crippen LogP contribution in [0.25, 0.3) is 0 Å². The van der Waals surface area contributed by atoms with Gasteiger partial charge in [0.05, 0.1) is 11.5 Å². The predicted octanol–water partition coefficient (Wildman–Crippen LogP) is 2.80. The van der Waals surface area contributed by atoms with E-state index in [0.717, 1.165) is 0 Å². The first-order chi connectivity index (χ1) is 13.8. The number of nitrogens with one attached hydrogen (secondary N) is 2. The number of rotatable bonds is 9. The van der Waals surface area contributed by atoms with E-state index in [-0.39, 0.29) is 23.1 Å². The highest BCUT2D eigenvalue weighted by molar-refractivity contribution is 7.89. The zero-order chi connectivity index (χ0) is 21.4. The second-order valence-corrected chi connectivity index (χ2v) is 8.24. The smallest absolute Gasteiger partial charge is 0.333 e. The van der Waals surface area contributed by atoms with E-state index in [2.05, 4.69) is 10.0 Å². The van der Waals surface area contributed by atoms with Crippen LogP contribution in [-0.4, -0.2) is 32.9 Å². The molecule has 8 heteroatoms. The molecule has 0 heterocycles. The van der Waals surface area contributed by atoms with Crippen LogP contribution in [0.3, 0.4) is 0 Å². The van der Waals surface area contributed by atoms with Gasteiger partial charge in [0.25, 0.3) is 5.91 Å². The summed E-state index contributed by atoms with van der Waals surface area (Å²) in [5.74, 6) is -1.07. The molecule has 0 aliphatic heterocycles. The van der Waals surface area contributed by atoms with Crippen molar-refractivity contribution in [1.29, 1.82) is 0 Å². The number of hydrogen-bond acceptors (Lipinski definition) is 5. The molecule has 0 saturated heterocycles. The Kier molecular flexibility index (Phi) is 7.92. The molecule has 0 aromatic heterocycles. The lowest BCUT2D eigenvalue weighted by atomic mass is 10.1. The summed E-state index contributed by atoms with van der Waals surface area (Å²) in [5.41, 5.74) is 0.828. The number of esters is 1. The molecule has 29 heavy (non-hydrogen) atoms. The van der Waals surface area contributed by atoms with Gasteiger partial charge in [0, 0.05) is 11.6 Å². The van der Waals surface area contributed by atoms with Crippen LogP contribution < -0.4 is 10.0 Å². The van der Waals surface area contributed by atoms with Gasteiger partial charge in [-0.2, -0.15) is 0 Å². The summed E-state index contributed by atoms with van der Waals surface area (Å²) in [5, 5.41) is 2.66. The van der Waals surface area contributed by atoms with Crippen molar-refractivity contribution in [3.63, 3.8) is 0 Å². The number of sulfonamides is 1. The van der Waals surface area contributed by atoms with E-state index >= 15 is 0 Å². The first-order valence-corrected chi connectivity index (χ1v) is 10.9. The van der Waals surface area contributed by atoms with Gasteiger partial charge in [0.15, 0.2) is 6.04 Å². The maximum Gasteiger partial charge on any atom is 0.333 e. The van der Waals surface area contributed by atoms with Gasteiger partial charge in [-0.05, 0) is 50.1 Å². The van der Waals surface area contributed by atoms with Gasteiger partial charge >= 0.3 is 5.97 Å². The Labute approximate surface area is 171 Å². The van der Waals surface area contributed by atoms with E-state index in [0.29, 0.717) is 12.0 Å². The van der Waals surface area contributed by atoms with Crippen molar-refractivity contribution in [2.75, 3.05) is 6.61 Å². The zero-order valence-corrected chi connectivity index (χ0v) is 17.5. The summed E-state index contributed by atoms with van der Waals surface area (Å²) >= 11 is 0. The van der Waals surface area contributed by atoms with Gasteiger partial charge in [0.2, 0.25) is 10.0 Å². The fourth-order valence-corrected chi connectivity index (χ4v) is 3.89. The van der Waals surface area contributed by atoms with Crippen LogP contribution in [0, 0.1) is 0 Å². The maximum absolute atomic E-state index is 12.6. The highest BCUT2D eigenvalue weighted by Crippen LogP contribution is 2.17. The van der Waals surface area contributed by atoms with Gasteiger partial charge in [0.1, 0.15) is 0 Å². The third-order valence-corrected chi connectivity index (χ3v) is 5.93. The molecule has 0 aliphatic carbocycles. The molecule has 2 N–H and O–H groups in total. The van der Waals surface area contributed by atoms with Crippen LogP contribution in [0.5, 0.6) is 0 Å². The summed E-state index contributed by atoms with van der Waals surface area (Å²) in [6, 6.07) is 13.2. The number of benzene rings is 2. The minimum Gasteiger partial charge on any atom is -0.464 e. The Morgan fingerprint density at radius 2 is 1.62 bits per heavy atom. The van der Waals surface area contributed by atoms with E-state index in [1.54, 1.807) is 44.2 Å². The second kappa shape index (κ2) is 10.2. The van der Waals surface area contributed by atoms with Crippen molar-refractivity contribution >= 4 is 21.9 Å². The molecule has 0 fully saturated rings. The second-order valence-electron chi connectivity index (χ2n) is 6.52. The molecule has 7 nitrogen and oxygen atoms in total. The lowest BCUT2D eigenvalue weighted by Gasteiger charge is -2.18. The van der Waals surface area contributed by atoms with Gasteiger partial charge in [-0.3, -0.25) is 4.79 Å². The summed E-state index contributed by atoms with van der Waals surface area (Å²) in [6.07, 6.45) is 0.661. The van der Waals surface area contributed by atoms with Gasteiger partial charge in [-0.25, -0.2) is 17.9 Å². The molecule has 2 atom stereocenters. The van der Waals surface area contributed by atoms with Crippen LogP contribution >= 0.6 is 0 Å². The monoisotopic (exact) mass is 418 g/mol. The van der Waals surface area contributed by atoms with E-state index < -0.39 is 27.9 Å². The third kappa shape index (κ3) is 6.13. The molecule has 0 radical (unpaired) electrons. The van der Waals surface area contributed by atoms with Crippen molar-refractivity contribution in [3.8, 4) is 0 Å². The summed E-state index contributed by atoms with van der Waals surface area (Å²) in [7, 11) is -3.66. The van der Waals surface area contributed by atoms with Crippen molar-refractivity contribution in [2.45, 2.75) is 44.2 Å². The SMILES string of the molecule is CCOC(=O)[C@H](NC(=O)c1ccc(S(=O)(=O)N[C@H](C)CC)cc1)c1ccccc1. The Balaban J connectivity index is 2.19. The number of carbonyl (C=O) groups excluding carboxylic acids is 2. The molecule has 2 aromatic rings. The molecule has 0 aliphatic rings. The van der Waals surface area contributed by atoms with E-state index in [1.807, 2.05) is 6.92 Å². The van der Waals surface area contributed by atoms with Crippen molar-refractivity contribution in [1.82, 2.24) is 10.0 Å². The van der Waals surface area contributed by atoms with Crippen molar-refractivity contribution in [2.24, 2.45) is 0 Å². The molecule has 156 valence electrons. The average Bonchev–Trinajstić information content (AvgIpc) is 2.72. The normalized spacial score (nSPS) is 13.3. The molecular formula is C21H26N2O5S. The molecule has 0 saturated carbocycles. The lowest BCUT2D eigenvalue weighted by Crippen LogP contribution is -2.35. The first kappa shape index (κ1) is 22.6. The third-order valence-electron chi connectivity index (χ3n) is 4.33. The topological polar surface area (TPSA) is 102 Å². The van der Waals surface area contributed by atoms with E-state index in [4.69, 9.17) is 4.74 Å². The molecule has 0 unspecified atom stereocenters. The van der Waals surface area contributed by atoms with Crippen molar-refractivity contribution < 1.29 is 22.7 Å². The summed E-state index contributed by atoms with van der Waals surface area (Å²) in [4.78, 5) is 25.0. The average molecular weight is 419 g/mol. The first-order valence-electron chi connectivity index (χ1n) is 9.43. The quantitative estimate of drug-likeness (QED) is 0.610. The highest BCUT2D eigenvalue weighted by atomic mass is 32.2. The van der Waals surface area contributed by atoms with Crippen LogP contribution in [0.1, 0.15) is 49.2 Å². The molecular weight excluding hydrogens is 392 g/mol. The molecule has 1 amide bonds. The number of carbonyl (C=O) groups is 2. The van der Waals surface area contributed by atoms with Gasteiger partial charge in [-0.15, -0.1) is 0 Å². The van der Waals surface area contributed by atoms with Crippen LogP contribution in [0.2, 0.25) is 0 Å². The lowest BCUT2D eigenvalue weighted by molar-refractivity contribution is -0.145. The highest BCUT2D eigenvalue weighted by Gasteiger charge is 2.25. The standard InChI is InChI=1S/C21H26N2O5S/c1-4-15(3)23-29(26,27)18-13-11-17(12-14-18)20(24)22-19(21(25)28-5-2)16-9-7-6-8-10-16/h6-15,19,23H,4-5H2,1-3H3,(H,22,24)/t15-,19-/m1/s1. The number of amides is 1.